The Balaban J connectivity index is 1.45. The molecule has 0 unspecified atom stereocenters. The molecule has 1 saturated carbocycles. The molecule has 4 rings (SSSR count). The van der Waals surface area contributed by atoms with Crippen LogP contribution in [-0.4, -0.2) is 40.4 Å². The van der Waals surface area contributed by atoms with Crippen LogP contribution >= 0.6 is 0 Å². The predicted octanol–water partition coefficient (Wildman–Crippen LogP) is 2.82. The Bertz CT molecular complexity index is 692. The molecule has 24 heavy (non-hydrogen) atoms. The molecule has 1 aliphatic carbocycles. The van der Waals surface area contributed by atoms with Crippen LogP contribution < -0.4 is 0 Å². The molecular formula is C20H25NO3. The van der Waals surface area contributed by atoms with Crippen molar-refractivity contribution in [1.82, 2.24) is 4.90 Å². The summed E-state index contributed by atoms with van der Waals surface area (Å²) in [6.45, 7) is 4.89. The highest BCUT2D eigenvalue weighted by Gasteiger charge is 2.40. The van der Waals surface area contributed by atoms with Gasteiger partial charge in [-0.25, -0.2) is 0 Å². The highest BCUT2D eigenvalue weighted by Crippen LogP contribution is 2.37. The summed E-state index contributed by atoms with van der Waals surface area (Å²) in [6, 6.07) is 12.5. The fraction of sp³-hybridized carbons (Fsp3) is 0.500. The molecule has 4 atom stereocenters. The second kappa shape index (κ2) is 6.36. The lowest BCUT2D eigenvalue weighted by atomic mass is 9.79. The van der Waals surface area contributed by atoms with Crippen molar-refractivity contribution in [2.24, 2.45) is 11.8 Å². The van der Waals surface area contributed by atoms with Crippen LogP contribution in [0.2, 0.25) is 0 Å². The van der Waals surface area contributed by atoms with Crippen LogP contribution in [0, 0.1) is 18.8 Å². The lowest BCUT2D eigenvalue weighted by Gasteiger charge is -2.32. The highest BCUT2D eigenvalue weighted by molar-refractivity contribution is 5.58. The quantitative estimate of drug-likeness (QED) is 0.910. The topological polar surface area (TPSA) is 56.8 Å². The molecule has 2 heterocycles. The molecule has 2 aromatic rings. The number of likely N-dealkylation sites (tertiary alicyclic amines) is 1. The lowest BCUT2D eigenvalue weighted by molar-refractivity contribution is -0.0372. The number of aryl methyl sites for hydroxylation is 1. The van der Waals surface area contributed by atoms with Crippen LogP contribution in [0.5, 0.6) is 0 Å². The average Bonchev–Trinajstić information content (AvgIpc) is 3.14. The number of hydrogen-bond acceptors (Lipinski definition) is 4. The van der Waals surface area contributed by atoms with Gasteiger partial charge in [-0.15, -0.1) is 0 Å². The molecule has 0 spiro atoms. The Morgan fingerprint density at radius 2 is 1.75 bits per heavy atom. The highest BCUT2D eigenvalue weighted by atomic mass is 16.3. The van der Waals surface area contributed by atoms with E-state index in [1.165, 1.54) is 5.56 Å². The molecule has 2 aliphatic rings. The molecule has 1 saturated heterocycles. The van der Waals surface area contributed by atoms with E-state index in [4.69, 9.17) is 4.42 Å². The molecule has 4 nitrogen and oxygen atoms in total. The van der Waals surface area contributed by atoms with Crippen molar-refractivity contribution >= 4 is 0 Å². The first-order valence-electron chi connectivity index (χ1n) is 8.83. The molecule has 0 bridgehead atoms. The van der Waals surface area contributed by atoms with Crippen LogP contribution in [-0.2, 0) is 6.54 Å². The zero-order valence-electron chi connectivity index (χ0n) is 14.1. The summed E-state index contributed by atoms with van der Waals surface area (Å²) >= 11 is 0. The molecule has 128 valence electrons. The average molecular weight is 327 g/mol. The third-order valence-electron chi connectivity index (χ3n) is 5.54. The fourth-order valence-corrected chi connectivity index (χ4v) is 4.30. The summed E-state index contributed by atoms with van der Waals surface area (Å²) in [5, 5.41) is 19.8. The van der Waals surface area contributed by atoms with Crippen molar-refractivity contribution in [2.75, 3.05) is 13.1 Å². The Morgan fingerprint density at radius 1 is 1.04 bits per heavy atom. The van der Waals surface area contributed by atoms with Crippen molar-refractivity contribution in [3.8, 4) is 11.3 Å². The number of rotatable bonds is 3. The molecule has 1 aliphatic heterocycles. The van der Waals surface area contributed by atoms with Crippen LogP contribution in [0.4, 0.5) is 0 Å². The summed E-state index contributed by atoms with van der Waals surface area (Å²) < 4.78 is 5.73. The van der Waals surface area contributed by atoms with Gasteiger partial charge in [0.05, 0.1) is 12.2 Å². The molecular weight excluding hydrogens is 302 g/mol. The van der Waals surface area contributed by atoms with Gasteiger partial charge < -0.3 is 14.6 Å². The molecule has 1 aromatic carbocycles. The number of furan rings is 1. The minimum atomic E-state index is -0.545. The molecule has 0 amide bonds. The number of nitrogens with zero attached hydrogens (tertiary/aromatic N) is 1. The summed E-state index contributed by atoms with van der Waals surface area (Å²) in [7, 11) is 0. The third kappa shape index (κ3) is 3.14. The number of aliphatic hydroxyl groups excluding tert-OH is 2. The van der Waals surface area contributed by atoms with Gasteiger partial charge in [-0.05, 0) is 55.4 Å². The lowest BCUT2D eigenvalue weighted by Crippen LogP contribution is -2.38. The SMILES string of the molecule is Cc1ccc(-c2cccc(CN3C[C@H]4C[C@H](O)[C@@H](O)C[C@H]4C3)c2)o1. The Hall–Kier alpha value is -1.62. The minimum absolute atomic E-state index is 0.513. The van der Waals surface area contributed by atoms with Gasteiger partial charge >= 0.3 is 0 Å². The van der Waals surface area contributed by atoms with Gasteiger partial charge in [0.2, 0.25) is 0 Å². The van der Waals surface area contributed by atoms with Gasteiger partial charge in [0.1, 0.15) is 11.5 Å². The number of benzene rings is 1. The van der Waals surface area contributed by atoms with Crippen LogP contribution in [0.3, 0.4) is 0 Å². The standard InChI is InChI=1S/C20H25NO3/c1-13-5-6-20(24-13)15-4-2-3-14(7-15)10-21-11-16-8-18(22)19(23)9-17(16)12-21/h2-7,16-19,22-23H,8-12H2,1H3/t16-,17+,18-,19-/m0/s1. The van der Waals surface area contributed by atoms with Gasteiger partial charge in [0, 0.05) is 25.2 Å². The van der Waals surface area contributed by atoms with Crippen LogP contribution in [0.25, 0.3) is 11.3 Å². The first kappa shape index (κ1) is 15.9. The van der Waals surface area contributed by atoms with E-state index in [0.717, 1.165) is 49.6 Å². The summed E-state index contributed by atoms with van der Waals surface area (Å²) in [4.78, 5) is 2.45. The Labute approximate surface area is 142 Å². The van der Waals surface area contributed by atoms with Crippen LogP contribution in [0.15, 0.2) is 40.8 Å². The predicted molar refractivity (Wildman–Crippen MR) is 92.4 cm³/mol. The van der Waals surface area contributed by atoms with Gasteiger partial charge in [0.25, 0.3) is 0 Å². The maximum Gasteiger partial charge on any atom is 0.134 e. The number of hydrogen-bond donors (Lipinski definition) is 2. The van der Waals surface area contributed by atoms with Gasteiger partial charge in [-0.3, -0.25) is 4.90 Å². The van der Waals surface area contributed by atoms with Crippen molar-refractivity contribution < 1.29 is 14.6 Å². The minimum Gasteiger partial charge on any atom is -0.461 e. The van der Waals surface area contributed by atoms with E-state index in [-0.39, 0.29) is 0 Å². The third-order valence-corrected chi connectivity index (χ3v) is 5.54. The van der Waals surface area contributed by atoms with E-state index in [9.17, 15) is 10.2 Å². The van der Waals surface area contributed by atoms with Gasteiger partial charge in [-0.2, -0.15) is 0 Å². The molecule has 2 N–H and O–H groups in total. The first-order valence-corrected chi connectivity index (χ1v) is 8.83. The van der Waals surface area contributed by atoms with Crippen molar-refractivity contribution in [3.63, 3.8) is 0 Å². The number of aliphatic hydroxyl groups is 2. The molecule has 0 radical (unpaired) electrons. The van der Waals surface area contributed by atoms with Crippen molar-refractivity contribution in [1.29, 1.82) is 0 Å². The maximum absolute atomic E-state index is 9.89. The first-order chi connectivity index (χ1) is 11.6. The number of fused-ring (bicyclic) bond motifs is 1. The van der Waals surface area contributed by atoms with Gasteiger partial charge in [-0.1, -0.05) is 18.2 Å². The second-order valence-corrected chi connectivity index (χ2v) is 7.43. The monoisotopic (exact) mass is 327 g/mol. The molecule has 1 aromatic heterocycles. The van der Waals surface area contributed by atoms with E-state index < -0.39 is 12.2 Å². The van der Waals surface area contributed by atoms with Crippen molar-refractivity contribution in [2.45, 2.75) is 38.5 Å². The maximum atomic E-state index is 9.89. The second-order valence-electron chi connectivity index (χ2n) is 7.43. The summed E-state index contributed by atoms with van der Waals surface area (Å²) in [6.07, 6.45) is 0.371. The van der Waals surface area contributed by atoms with Gasteiger partial charge in [0.15, 0.2) is 0 Å². The largest absolute Gasteiger partial charge is 0.461 e. The molecule has 2 fully saturated rings. The zero-order chi connectivity index (χ0) is 16.7. The molecule has 4 heteroatoms. The van der Waals surface area contributed by atoms with E-state index in [1.54, 1.807) is 0 Å². The van der Waals surface area contributed by atoms with Crippen molar-refractivity contribution in [3.05, 3.63) is 47.7 Å². The van der Waals surface area contributed by atoms with E-state index in [2.05, 4.69) is 29.2 Å². The summed E-state index contributed by atoms with van der Waals surface area (Å²) in [5.41, 5.74) is 2.39. The normalized spacial score (nSPS) is 30.5. The fourth-order valence-electron chi connectivity index (χ4n) is 4.30. The Morgan fingerprint density at radius 3 is 2.38 bits per heavy atom. The van der Waals surface area contributed by atoms with Crippen LogP contribution in [0.1, 0.15) is 24.2 Å². The van der Waals surface area contributed by atoms with E-state index in [0.29, 0.717) is 11.8 Å². The zero-order valence-corrected chi connectivity index (χ0v) is 14.1. The smallest absolute Gasteiger partial charge is 0.134 e. The van der Waals surface area contributed by atoms with E-state index in [1.807, 2.05) is 19.1 Å². The van der Waals surface area contributed by atoms with E-state index >= 15 is 0 Å². The summed E-state index contributed by atoms with van der Waals surface area (Å²) in [5.74, 6) is 2.87. The Kier molecular flexibility index (Phi) is 4.21.